The molecular formula is C49H45ClF2N12O4S. The molecule has 9 aromatic rings. The summed E-state index contributed by atoms with van der Waals surface area (Å²) in [5.74, 6) is -1.90. The molecule has 352 valence electrons. The summed E-state index contributed by atoms with van der Waals surface area (Å²) < 4.78 is 54.5. The van der Waals surface area contributed by atoms with Gasteiger partial charge in [-0.25, -0.2) is 47.1 Å². The third-order valence-corrected chi connectivity index (χ3v) is 12.7. The minimum Gasteiger partial charge on any atom is -0.366 e. The molecule has 0 aliphatic heterocycles. The van der Waals surface area contributed by atoms with E-state index in [1.165, 1.54) is 22.9 Å². The molecule has 0 spiro atoms. The van der Waals surface area contributed by atoms with Gasteiger partial charge >= 0.3 is 6.03 Å². The van der Waals surface area contributed by atoms with Crippen molar-refractivity contribution in [2.45, 2.75) is 39.3 Å². The second kappa shape index (κ2) is 19.1. The average Bonchev–Trinajstić information content (AvgIpc) is 3.83. The van der Waals surface area contributed by atoms with Gasteiger partial charge in [0.05, 0.1) is 62.2 Å². The number of nitrogens with two attached hydrogens (primary N) is 1. The summed E-state index contributed by atoms with van der Waals surface area (Å²) in [7, 11) is -2.14. The van der Waals surface area contributed by atoms with Gasteiger partial charge in [0.15, 0.2) is 34.6 Å². The molecule has 20 heteroatoms. The number of primary sulfonamides is 1. The van der Waals surface area contributed by atoms with E-state index in [9.17, 15) is 26.8 Å². The second-order valence-electron chi connectivity index (χ2n) is 16.6. The number of rotatable bonds is 12. The fourth-order valence-corrected chi connectivity index (χ4v) is 8.37. The molecule has 7 N–H and O–H groups in total. The van der Waals surface area contributed by atoms with Gasteiger partial charge in [0.2, 0.25) is 10.0 Å². The third kappa shape index (κ3) is 10.1. The zero-order valence-electron chi connectivity index (χ0n) is 37.4. The number of nitrogens with zero attached hydrogens (tertiary/aromatic N) is 6. The van der Waals surface area contributed by atoms with Crippen molar-refractivity contribution in [1.82, 2.24) is 39.4 Å². The molecule has 4 aromatic heterocycles. The summed E-state index contributed by atoms with van der Waals surface area (Å²) in [6.45, 7) is 4.79. The maximum absolute atomic E-state index is 14.2. The smallest absolute Gasteiger partial charge is 0.318 e. The van der Waals surface area contributed by atoms with Gasteiger partial charge < -0.3 is 26.6 Å². The molecule has 1 aliphatic carbocycles. The van der Waals surface area contributed by atoms with Crippen LogP contribution in [0.3, 0.4) is 0 Å². The molecule has 0 radical (unpaired) electrons. The van der Waals surface area contributed by atoms with Crippen molar-refractivity contribution in [2.75, 3.05) is 35.3 Å². The Labute approximate surface area is 399 Å². The predicted octanol–water partition coefficient (Wildman–Crippen LogP) is 8.60. The molecule has 0 unspecified atom stereocenters. The van der Waals surface area contributed by atoms with Gasteiger partial charge in [-0.15, -0.1) is 0 Å². The van der Waals surface area contributed by atoms with Crippen molar-refractivity contribution in [3.8, 4) is 22.5 Å². The van der Waals surface area contributed by atoms with E-state index in [1.807, 2.05) is 48.7 Å². The summed E-state index contributed by atoms with van der Waals surface area (Å²) in [6, 6.07) is 29.0. The first kappa shape index (κ1) is 46.4. The number of nitrogens with one attached hydrogen (secondary N) is 5. The fraction of sp³-hybridized carbons (Fsp3) is 0.184. The summed E-state index contributed by atoms with van der Waals surface area (Å²) in [6.07, 6.45) is 5.25. The molecule has 0 saturated heterocycles. The van der Waals surface area contributed by atoms with E-state index < -0.39 is 21.7 Å². The predicted molar refractivity (Wildman–Crippen MR) is 265 cm³/mol. The number of benzene rings is 5. The van der Waals surface area contributed by atoms with E-state index in [0.29, 0.717) is 23.4 Å². The number of aromatic nitrogens is 6. The highest BCUT2D eigenvalue weighted by Gasteiger charge is 2.25. The number of hydrogen-bond donors (Lipinski definition) is 6. The van der Waals surface area contributed by atoms with Crippen LogP contribution in [0.1, 0.15) is 39.9 Å². The average molecular weight is 971 g/mol. The van der Waals surface area contributed by atoms with E-state index in [1.54, 1.807) is 29.6 Å². The van der Waals surface area contributed by atoms with Gasteiger partial charge in [-0.1, -0.05) is 60.1 Å². The Morgan fingerprint density at radius 3 is 2.00 bits per heavy atom. The maximum atomic E-state index is 14.2. The summed E-state index contributed by atoms with van der Waals surface area (Å²) >= 11 is 6.41. The molecule has 5 aromatic carbocycles. The molecule has 16 nitrogen and oxygen atoms in total. The quantitative estimate of drug-likeness (QED) is 0.0686. The molecule has 1 saturated carbocycles. The van der Waals surface area contributed by atoms with Crippen LogP contribution in [0.2, 0.25) is 5.02 Å². The number of carbonyl (C=O) groups is 2. The maximum Gasteiger partial charge on any atom is 0.318 e. The van der Waals surface area contributed by atoms with Crippen molar-refractivity contribution >= 4 is 84.2 Å². The van der Waals surface area contributed by atoms with Gasteiger partial charge in [-0.2, -0.15) is 0 Å². The van der Waals surface area contributed by atoms with Gasteiger partial charge in [-0.3, -0.25) is 13.6 Å². The van der Waals surface area contributed by atoms with Crippen LogP contribution in [-0.2, 0) is 16.6 Å². The number of anilines is 3. The summed E-state index contributed by atoms with van der Waals surface area (Å²) in [5.41, 5.74) is 10.9. The highest BCUT2D eigenvalue weighted by atomic mass is 35.5. The Bertz CT molecular complexity index is 3570. The van der Waals surface area contributed by atoms with Crippen molar-refractivity contribution in [3.63, 3.8) is 0 Å². The number of aryl methyl sites for hydroxylation is 2. The van der Waals surface area contributed by atoms with E-state index in [2.05, 4.69) is 79.1 Å². The van der Waals surface area contributed by atoms with Crippen molar-refractivity contribution < 1.29 is 26.8 Å². The van der Waals surface area contributed by atoms with E-state index in [-0.39, 0.29) is 57.8 Å². The van der Waals surface area contributed by atoms with Crippen LogP contribution in [0.25, 0.3) is 55.9 Å². The largest absolute Gasteiger partial charge is 0.366 e. The Kier molecular flexibility index (Phi) is 12.8. The number of imidazole rings is 2. The molecule has 69 heavy (non-hydrogen) atoms. The zero-order valence-corrected chi connectivity index (χ0v) is 39.0. The number of halogens is 3. The number of urea groups is 1. The highest BCUT2D eigenvalue weighted by Crippen LogP contribution is 2.34. The van der Waals surface area contributed by atoms with Crippen LogP contribution in [0.4, 0.5) is 30.9 Å². The highest BCUT2D eigenvalue weighted by molar-refractivity contribution is 7.89. The second-order valence-corrected chi connectivity index (χ2v) is 18.7. The molecule has 3 amide bonds. The van der Waals surface area contributed by atoms with Gasteiger partial charge in [0.25, 0.3) is 5.91 Å². The lowest BCUT2D eigenvalue weighted by atomic mass is 10.1. The van der Waals surface area contributed by atoms with Crippen LogP contribution < -0.4 is 31.7 Å². The van der Waals surface area contributed by atoms with E-state index in [0.717, 1.165) is 64.4 Å². The van der Waals surface area contributed by atoms with Crippen LogP contribution >= 0.6 is 11.6 Å². The van der Waals surface area contributed by atoms with Crippen molar-refractivity contribution in [3.05, 3.63) is 148 Å². The molecule has 1 aliphatic rings. The summed E-state index contributed by atoms with van der Waals surface area (Å²) in [5, 5.41) is 19.8. The van der Waals surface area contributed by atoms with E-state index >= 15 is 0 Å². The lowest BCUT2D eigenvalue weighted by molar-refractivity contribution is 0.0951. The van der Waals surface area contributed by atoms with Gasteiger partial charge in [0.1, 0.15) is 0 Å². The number of hydrogen-bond acceptors (Lipinski definition) is 10. The zero-order chi connectivity index (χ0) is 48.6. The number of amides is 3. The molecular weight excluding hydrogens is 926 g/mol. The SMILES string of the molecule is CNC(=O)Nc1ccc(-c2cnc3c(NCc4ccccc4)nc4cc(C)c(C)cc4n23)cc1.NS(=O)(=O)CCNc1nc2cc(F)c(F)cc2n2c(-c3ccc(C(=O)NC4CC4)c(Cl)c3)cnc12. The molecule has 10 rings (SSSR count). The van der Waals surface area contributed by atoms with Gasteiger partial charge in [-0.05, 0) is 79.8 Å². The van der Waals surface area contributed by atoms with E-state index in [4.69, 9.17) is 26.7 Å². The number of sulfonamides is 1. The van der Waals surface area contributed by atoms with Crippen molar-refractivity contribution in [1.29, 1.82) is 0 Å². The topological polar surface area (TPSA) is 215 Å². The van der Waals surface area contributed by atoms with Crippen LogP contribution in [-0.4, -0.2) is 74.5 Å². The monoisotopic (exact) mass is 970 g/mol. The minimum absolute atomic E-state index is 0.0739. The number of carbonyl (C=O) groups excluding carboxylic acids is 2. The standard InChI is InChI=1S/C27H26N6O.C22H19ClF2N6O3S/c1-17-13-22-23(14-18(17)2)33-24(20-9-11-21(12-10-20)31-27(34)28-3)16-30-26(33)25(32-22)29-15-19-7-5-4-6-8-19;23-14-7-11(1-4-13(14)22(32)29-12-2-3-12)19-10-28-21-20(27-5-6-35(26,33)34)30-17-8-15(24)16(25)9-18(17)31(19)21/h4-14,16H,15H2,1-3H3,(H,29,32)(H2,28,31,34);1,4,7-10,12H,2-3,5-6H2,(H,27,30)(H,29,32)(H2,26,33,34). The first-order chi connectivity index (χ1) is 33.1. The first-order valence-electron chi connectivity index (χ1n) is 21.8. The molecule has 4 heterocycles. The normalized spacial score (nSPS) is 12.5. The Morgan fingerprint density at radius 2 is 1.36 bits per heavy atom. The Balaban J connectivity index is 0.000000172. The Hall–Kier alpha value is -7.74. The molecule has 0 atom stereocenters. The van der Waals surface area contributed by atoms with Crippen LogP contribution in [0.5, 0.6) is 0 Å². The Morgan fingerprint density at radius 1 is 0.768 bits per heavy atom. The molecule has 1 fully saturated rings. The van der Waals surface area contributed by atoms with Crippen LogP contribution in [0, 0.1) is 25.5 Å². The van der Waals surface area contributed by atoms with Gasteiger partial charge in [0, 0.05) is 55.1 Å². The third-order valence-electron chi connectivity index (χ3n) is 11.6. The fourth-order valence-electron chi connectivity index (χ4n) is 7.72. The first-order valence-corrected chi connectivity index (χ1v) is 23.9. The minimum atomic E-state index is -3.73. The number of fused-ring (bicyclic) bond motifs is 6. The van der Waals surface area contributed by atoms with Crippen LogP contribution in [0.15, 0.2) is 109 Å². The lowest BCUT2D eigenvalue weighted by Gasteiger charge is -2.13. The summed E-state index contributed by atoms with van der Waals surface area (Å²) in [4.78, 5) is 42.4. The molecule has 0 bridgehead atoms. The van der Waals surface area contributed by atoms with Crippen molar-refractivity contribution in [2.24, 2.45) is 5.14 Å². The lowest BCUT2D eigenvalue weighted by Crippen LogP contribution is -2.25.